The van der Waals surface area contributed by atoms with Crippen LogP contribution in [0.15, 0.2) is 11.6 Å². The van der Waals surface area contributed by atoms with E-state index < -0.39 is 5.97 Å². The third-order valence-corrected chi connectivity index (χ3v) is 2.33. The van der Waals surface area contributed by atoms with E-state index in [2.05, 4.69) is 26.1 Å². The zero-order chi connectivity index (χ0) is 11.2. The summed E-state index contributed by atoms with van der Waals surface area (Å²) >= 11 is 0. The average Bonchev–Trinajstić information content (AvgIpc) is 2.02. The molecule has 0 aliphatic heterocycles. The normalized spacial score (nSPS) is 13.0. The van der Waals surface area contributed by atoms with E-state index in [0.29, 0.717) is 6.54 Å². The third-order valence-electron chi connectivity index (χ3n) is 2.33. The molecule has 0 spiro atoms. The minimum absolute atomic E-state index is 0.281. The van der Waals surface area contributed by atoms with Gasteiger partial charge in [-0.15, -0.1) is 0 Å². The van der Waals surface area contributed by atoms with Gasteiger partial charge in [0, 0.05) is 19.2 Å². The second-order valence-corrected chi connectivity index (χ2v) is 4.45. The lowest BCUT2D eigenvalue weighted by atomic mass is 9.90. The Kier molecular flexibility index (Phi) is 5.46. The molecule has 0 aromatic heterocycles. The quantitative estimate of drug-likeness (QED) is 0.644. The van der Waals surface area contributed by atoms with Crippen molar-refractivity contribution in [2.24, 2.45) is 5.41 Å². The molecule has 0 heterocycles. The Bertz CT molecular complexity index is 219. The smallest absolute Gasteiger partial charge is 0.328 e. The van der Waals surface area contributed by atoms with Gasteiger partial charge in [0.25, 0.3) is 0 Å². The number of carboxylic acids is 1. The van der Waals surface area contributed by atoms with Gasteiger partial charge in [-0.25, -0.2) is 4.79 Å². The maximum Gasteiger partial charge on any atom is 0.328 e. The number of aliphatic carboxylic acids is 1. The zero-order valence-electron chi connectivity index (χ0n) is 9.55. The fourth-order valence-corrected chi connectivity index (χ4v) is 0.985. The Morgan fingerprint density at radius 2 is 2.07 bits per heavy atom. The number of rotatable bonds is 6. The van der Waals surface area contributed by atoms with Crippen LogP contribution >= 0.6 is 0 Å². The molecule has 0 saturated heterocycles. The molecular weight excluding hydrogens is 178 g/mol. The lowest BCUT2D eigenvalue weighted by molar-refractivity contribution is -0.131. The molecule has 0 radical (unpaired) electrons. The van der Waals surface area contributed by atoms with Crippen molar-refractivity contribution in [2.75, 3.05) is 13.1 Å². The highest BCUT2D eigenvalue weighted by Crippen LogP contribution is 2.17. The minimum Gasteiger partial charge on any atom is -0.478 e. The highest BCUT2D eigenvalue weighted by atomic mass is 16.4. The van der Waals surface area contributed by atoms with Gasteiger partial charge in [0.05, 0.1) is 0 Å². The second kappa shape index (κ2) is 5.81. The van der Waals surface area contributed by atoms with Crippen molar-refractivity contribution in [1.82, 2.24) is 5.32 Å². The zero-order valence-corrected chi connectivity index (χ0v) is 9.55. The predicted octanol–water partition coefficient (Wildman–Crippen LogP) is 2.04. The van der Waals surface area contributed by atoms with Gasteiger partial charge in [-0.3, -0.25) is 0 Å². The highest BCUT2D eigenvalue weighted by Gasteiger charge is 2.13. The van der Waals surface area contributed by atoms with Crippen LogP contribution in [-0.2, 0) is 4.79 Å². The highest BCUT2D eigenvalue weighted by molar-refractivity contribution is 5.80. The number of carbonyl (C=O) groups is 1. The molecule has 0 bridgehead atoms. The summed E-state index contributed by atoms with van der Waals surface area (Å²) in [6, 6.07) is 0. The van der Waals surface area contributed by atoms with Crippen LogP contribution in [0, 0.1) is 5.41 Å². The summed E-state index contributed by atoms with van der Waals surface area (Å²) in [4.78, 5) is 10.3. The van der Waals surface area contributed by atoms with Crippen LogP contribution in [0.5, 0.6) is 0 Å². The molecule has 3 nitrogen and oxygen atoms in total. The van der Waals surface area contributed by atoms with Crippen molar-refractivity contribution >= 4 is 5.97 Å². The molecule has 0 aliphatic carbocycles. The molecule has 0 rings (SSSR count). The molecule has 0 unspecified atom stereocenters. The largest absolute Gasteiger partial charge is 0.478 e. The number of hydrogen-bond acceptors (Lipinski definition) is 2. The molecule has 2 N–H and O–H groups in total. The summed E-state index contributed by atoms with van der Waals surface area (Å²) in [6.07, 6.45) is 2.35. The number of hydrogen-bond donors (Lipinski definition) is 2. The van der Waals surface area contributed by atoms with Crippen LogP contribution in [0.2, 0.25) is 0 Å². The van der Waals surface area contributed by atoms with Crippen LogP contribution in [0.3, 0.4) is 0 Å². The van der Waals surface area contributed by atoms with E-state index in [-0.39, 0.29) is 5.41 Å². The topological polar surface area (TPSA) is 49.3 Å². The van der Waals surface area contributed by atoms with E-state index in [4.69, 9.17) is 5.11 Å². The maximum absolute atomic E-state index is 10.3. The molecule has 0 aromatic carbocycles. The fourth-order valence-electron chi connectivity index (χ4n) is 0.985. The molecule has 0 atom stereocenters. The van der Waals surface area contributed by atoms with Crippen LogP contribution in [-0.4, -0.2) is 24.2 Å². The van der Waals surface area contributed by atoms with Gasteiger partial charge in [-0.2, -0.15) is 0 Å². The molecule has 0 saturated carbocycles. The standard InChI is InChI=1S/C11H21NO2/c1-5-11(3,4)8-12-7-9(2)6-10(13)14/h6,12H,5,7-8H2,1-4H3,(H,13,14). The first-order valence-corrected chi connectivity index (χ1v) is 4.98. The second-order valence-electron chi connectivity index (χ2n) is 4.45. The van der Waals surface area contributed by atoms with Crippen LogP contribution < -0.4 is 5.32 Å². The lowest BCUT2D eigenvalue weighted by Crippen LogP contribution is -2.30. The van der Waals surface area contributed by atoms with Gasteiger partial charge in [0.15, 0.2) is 0 Å². The summed E-state index contributed by atoms with van der Waals surface area (Å²) in [5.41, 5.74) is 1.13. The molecule has 3 heteroatoms. The third kappa shape index (κ3) is 6.66. The van der Waals surface area contributed by atoms with Gasteiger partial charge in [0.2, 0.25) is 0 Å². The predicted molar refractivity (Wildman–Crippen MR) is 58.3 cm³/mol. The van der Waals surface area contributed by atoms with Crippen LogP contribution in [0.4, 0.5) is 0 Å². The average molecular weight is 199 g/mol. The van der Waals surface area contributed by atoms with E-state index in [0.717, 1.165) is 18.5 Å². The molecule has 14 heavy (non-hydrogen) atoms. The Morgan fingerprint density at radius 1 is 1.50 bits per heavy atom. The molecular formula is C11H21NO2. The molecule has 82 valence electrons. The fraction of sp³-hybridized carbons (Fsp3) is 0.727. The van der Waals surface area contributed by atoms with Gasteiger partial charge in [0.1, 0.15) is 0 Å². The van der Waals surface area contributed by atoms with E-state index in [1.165, 1.54) is 6.08 Å². The van der Waals surface area contributed by atoms with Crippen molar-refractivity contribution in [3.63, 3.8) is 0 Å². The van der Waals surface area contributed by atoms with Crippen molar-refractivity contribution in [3.05, 3.63) is 11.6 Å². The Labute approximate surface area is 86.2 Å². The van der Waals surface area contributed by atoms with Crippen molar-refractivity contribution in [3.8, 4) is 0 Å². The van der Waals surface area contributed by atoms with E-state index >= 15 is 0 Å². The minimum atomic E-state index is -0.876. The van der Waals surface area contributed by atoms with Crippen molar-refractivity contribution in [2.45, 2.75) is 34.1 Å². The van der Waals surface area contributed by atoms with Gasteiger partial charge in [-0.1, -0.05) is 26.3 Å². The first kappa shape index (κ1) is 13.2. The molecule has 0 amide bonds. The molecule has 0 aromatic rings. The lowest BCUT2D eigenvalue weighted by Gasteiger charge is -2.22. The van der Waals surface area contributed by atoms with Crippen LogP contribution in [0.1, 0.15) is 34.1 Å². The van der Waals surface area contributed by atoms with Gasteiger partial charge >= 0.3 is 5.97 Å². The van der Waals surface area contributed by atoms with Gasteiger partial charge in [-0.05, 0) is 18.8 Å². The number of carboxylic acid groups (broad SMARTS) is 1. The summed E-state index contributed by atoms with van der Waals surface area (Å²) in [6.45, 7) is 9.91. The summed E-state index contributed by atoms with van der Waals surface area (Å²) in [5.74, 6) is -0.876. The first-order chi connectivity index (χ1) is 6.37. The summed E-state index contributed by atoms with van der Waals surface area (Å²) in [7, 11) is 0. The Balaban J connectivity index is 3.80. The SMILES string of the molecule is CCC(C)(C)CNCC(C)=CC(=O)O. The maximum atomic E-state index is 10.3. The van der Waals surface area contributed by atoms with Crippen LogP contribution in [0.25, 0.3) is 0 Å². The summed E-state index contributed by atoms with van der Waals surface area (Å²) < 4.78 is 0. The number of nitrogens with one attached hydrogen (secondary N) is 1. The Hall–Kier alpha value is -0.830. The first-order valence-electron chi connectivity index (χ1n) is 4.98. The molecule has 0 aliphatic rings. The monoisotopic (exact) mass is 199 g/mol. The van der Waals surface area contributed by atoms with E-state index in [1.807, 2.05) is 6.92 Å². The van der Waals surface area contributed by atoms with Crippen molar-refractivity contribution in [1.29, 1.82) is 0 Å². The Morgan fingerprint density at radius 3 is 2.50 bits per heavy atom. The summed E-state index contributed by atoms with van der Waals surface area (Å²) in [5, 5.41) is 11.7. The van der Waals surface area contributed by atoms with Gasteiger partial charge < -0.3 is 10.4 Å². The van der Waals surface area contributed by atoms with E-state index in [1.54, 1.807) is 0 Å². The van der Waals surface area contributed by atoms with Crippen molar-refractivity contribution < 1.29 is 9.90 Å². The van der Waals surface area contributed by atoms with E-state index in [9.17, 15) is 4.79 Å². The molecule has 0 fully saturated rings.